The van der Waals surface area contributed by atoms with Crippen molar-refractivity contribution in [3.63, 3.8) is 0 Å². The minimum atomic E-state index is -0.121. The van der Waals surface area contributed by atoms with E-state index >= 15 is 0 Å². The topological polar surface area (TPSA) is 59.5 Å². The number of aromatic nitrogens is 2. The number of ether oxygens (including phenoxy) is 2. The van der Waals surface area contributed by atoms with Gasteiger partial charge >= 0.3 is 0 Å². The molecule has 2 aromatic rings. The van der Waals surface area contributed by atoms with Crippen LogP contribution in [0.2, 0.25) is 0 Å². The monoisotopic (exact) mass is 402 g/mol. The van der Waals surface area contributed by atoms with Crippen LogP contribution in [0.15, 0.2) is 6.33 Å². The van der Waals surface area contributed by atoms with Crippen molar-refractivity contribution in [1.29, 1.82) is 0 Å². The highest BCUT2D eigenvalue weighted by atomic mass is 32.1. The number of anilines is 1. The summed E-state index contributed by atoms with van der Waals surface area (Å²) in [5.41, 5.74) is 1.27. The lowest BCUT2D eigenvalue weighted by atomic mass is 9.89. The largest absolute Gasteiger partial charge is 0.379 e. The fraction of sp³-hybridized carbons (Fsp3) is 0.714. The number of hydrogen-bond donors (Lipinski definition) is 1. The number of rotatable bonds is 3. The standard InChI is InChI=1S/C21H30N4O2S/c1-21(2)11-16-17(12-27-21)28-20-18(16)19(22-13-23-20)24-14-3-5-15(6-4-14)25-7-9-26-10-8-25/h13-15H,3-12H2,1-2H3,(H,22,23,24). The predicted molar refractivity (Wildman–Crippen MR) is 112 cm³/mol. The average Bonchev–Trinajstić information content (AvgIpc) is 3.07. The van der Waals surface area contributed by atoms with Gasteiger partial charge in [-0.1, -0.05) is 0 Å². The zero-order valence-corrected chi connectivity index (χ0v) is 17.7. The summed E-state index contributed by atoms with van der Waals surface area (Å²) >= 11 is 1.76. The Bertz CT molecular complexity index is 838. The Morgan fingerprint density at radius 2 is 1.93 bits per heavy atom. The van der Waals surface area contributed by atoms with Crippen LogP contribution < -0.4 is 5.32 Å². The summed E-state index contributed by atoms with van der Waals surface area (Å²) in [6, 6.07) is 1.22. The quantitative estimate of drug-likeness (QED) is 0.847. The van der Waals surface area contributed by atoms with E-state index in [4.69, 9.17) is 9.47 Å². The zero-order chi connectivity index (χ0) is 19.1. The van der Waals surface area contributed by atoms with Crippen molar-refractivity contribution in [1.82, 2.24) is 14.9 Å². The molecule has 1 saturated carbocycles. The Kier molecular flexibility index (Phi) is 5.03. The van der Waals surface area contributed by atoms with E-state index < -0.39 is 0 Å². The summed E-state index contributed by atoms with van der Waals surface area (Å²) in [5, 5.41) is 5.01. The van der Waals surface area contributed by atoms with Gasteiger partial charge in [-0.25, -0.2) is 9.97 Å². The van der Waals surface area contributed by atoms with E-state index in [2.05, 4.69) is 34.0 Å². The lowest BCUT2D eigenvalue weighted by Gasteiger charge is -2.39. The lowest BCUT2D eigenvalue weighted by Crippen LogP contribution is -2.46. The van der Waals surface area contributed by atoms with Crippen molar-refractivity contribution >= 4 is 27.4 Å². The molecule has 0 radical (unpaired) electrons. The van der Waals surface area contributed by atoms with Crippen molar-refractivity contribution in [2.75, 3.05) is 31.6 Å². The van der Waals surface area contributed by atoms with Gasteiger partial charge in [0.2, 0.25) is 0 Å². The van der Waals surface area contributed by atoms with E-state index in [1.54, 1.807) is 17.7 Å². The lowest BCUT2D eigenvalue weighted by molar-refractivity contribution is -0.0379. The van der Waals surface area contributed by atoms with Crippen LogP contribution in [0.3, 0.4) is 0 Å². The molecule has 3 aliphatic rings. The van der Waals surface area contributed by atoms with Gasteiger partial charge in [-0.2, -0.15) is 0 Å². The molecule has 5 rings (SSSR count). The molecule has 1 saturated heterocycles. The second-order valence-corrected chi connectivity index (χ2v) is 10.0. The molecule has 0 spiro atoms. The molecule has 0 unspecified atom stereocenters. The molecule has 2 aliphatic heterocycles. The first-order valence-electron chi connectivity index (χ1n) is 10.6. The minimum Gasteiger partial charge on any atom is -0.379 e. The summed E-state index contributed by atoms with van der Waals surface area (Å²) in [6.07, 6.45) is 7.55. The normalized spacial score (nSPS) is 28.2. The van der Waals surface area contributed by atoms with Crippen molar-refractivity contribution in [3.05, 3.63) is 16.8 Å². The van der Waals surface area contributed by atoms with Gasteiger partial charge in [-0.15, -0.1) is 11.3 Å². The molecule has 0 atom stereocenters. The molecular weight excluding hydrogens is 372 g/mol. The van der Waals surface area contributed by atoms with Crippen LogP contribution in [0, 0.1) is 0 Å². The van der Waals surface area contributed by atoms with Gasteiger partial charge in [-0.3, -0.25) is 4.90 Å². The van der Waals surface area contributed by atoms with Crippen LogP contribution >= 0.6 is 11.3 Å². The average molecular weight is 403 g/mol. The molecule has 0 aromatic carbocycles. The van der Waals surface area contributed by atoms with Crippen LogP contribution in [-0.4, -0.2) is 58.9 Å². The smallest absolute Gasteiger partial charge is 0.138 e. The molecule has 152 valence electrons. The molecule has 2 aromatic heterocycles. The SMILES string of the molecule is CC1(C)Cc2c(sc3ncnc(NC4CCC(N5CCOCC5)CC4)c23)CO1. The van der Waals surface area contributed by atoms with Crippen molar-refractivity contribution in [2.45, 2.75) is 70.2 Å². The molecule has 1 N–H and O–H groups in total. The number of nitrogens with zero attached hydrogens (tertiary/aromatic N) is 3. The molecule has 2 fully saturated rings. The first-order chi connectivity index (χ1) is 13.6. The van der Waals surface area contributed by atoms with Crippen molar-refractivity contribution < 1.29 is 9.47 Å². The summed E-state index contributed by atoms with van der Waals surface area (Å²) < 4.78 is 11.5. The molecule has 4 heterocycles. The molecule has 6 nitrogen and oxygen atoms in total. The Balaban J connectivity index is 1.31. The number of nitrogens with one attached hydrogen (secondary N) is 1. The van der Waals surface area contributed by atoms with Crippen LogP contribution in [0.5, 0.6) is 0 Å². The van der Waals surface area contributed by atoms with Crippen molar-refractivity contribution in [3.8, 4) is 0 Å². The van der Waals surface area contributed by atoms with E-state index in [0.29, 0.717) is 12.6 Å². The van der Waals surface area contributed by atoms with Gasteiger partial charge in [-0.05, 0) is 45.1 Å². The van der Waals surface area contributed by atoms with Gasteiger partial charge in [0, 0.05) is 36.5 Å². The summed E-state index contributed by atoms with van der Waals surface area (Å²) in [6.45, 7) is 8.99. The van der Waals surface area contributed by atoms with Gasteiger partial charge in [0.05, 0.1) is 30.8 Å². The van der Waals surface area contributed by atoms with Gasteiger partial charge < -0.3 is 14.8 Å². The van der Waals surface area contributed by atoms with E-state index in [9.17, 15) is 0 Å². The first kappa shape index (κ1) is 18.7. The highest BCUT2D eigenvalue weighted by molar-refractivity contribution is 7.18. The number of thiophene rings is 1. The molecule has 1 aliphatic carbocycles. The van der Waals surface area contributed by atoms with Crippen LogP contribution in [0.1, 0.15) is 50.0 Å². The number of morpholine rings is 1. The molecule has 0 bridgehead atoms. The van der Waals surface area contributed by atoms with E-state index in [1.807, 2.05) is 0 Å². The second kappa shape index (κ2) is 7.52. The third-order valence-electron chi connectivity index (χ3n) is 6.47. The molecule has 7 heteroatoms. The zero-order valence-electron chi connectivity index (χ0n) is 16.9. The molecule has 28 heavy (non-hydrogen) atoms. The summed E-state index contributed by atoms with van der Waals surface area (Å²) in [4.78, 5) is 14.2. The fourth-order valence-corrected chi connectivity index (χ4v) is 5.98. The predicted octanol–water partition coefficient (Wildman–Crippen LogP) is 3.60. The van der Waals surface area contributed by atoms with Crippen LogP contribution in [0.25, 0.3) is 10.2 Å². The van der Waals surface area contributed by atoms with E-state index in [1.165, 1.54) is 41.5 Å². The van der Waals surface area contributed by atoms with E-state index in [-0.39, 0.29) is 5.60 Å². The Morgan fingerprint density at radius 1 is 1.14 bits per heavy atom. The maximum absolute atomic E-state index is 6.01. The van der Waals surface area contributed by atoms with Gasteiger partial charge in [0.15, 0.2) is 0 Å². The highest BCUT2D eigenvalue weighted by Gasteiger charge is 2.32. The molecular formula is C21H30N4O2S. The summed E-state index contributed by atoms with van der Waals surface area (Å²) in [5.74, 6) is 1.02. The van der Waals surface area contributed by atoms with Gasteiger partial charge in [0.1, 0.15) is 17.0 Å². The maximum Gasteiger partial charge on any atom is 0.138 e. The number of fused-ring (bicyclic) bond motifs is 3. The fourth-order valence-electron chi connectivity index (χ4n) is 4.91. The Hall–Kier alpha value is -1.28. The number of hydrogen-bond acceptors (Lipinski definition) is 7. The Labute approximate surface area is 170 Å². The van der Waals surface area contributed by atoms with Gasteiger partial charge in [0.25, 0.3) is 0 Å². The maximum atomic E-state index is 6.01. The van der Waals surface area contributed by atoms with Crippen molar-refractivity contribution in [2.24, 2.45) is 0 Å². The summed E-state index contributed by atoms with van der Waals surface area (Å²) in [7, 11) is 0. The Morgan fingerprint density at radius 3 is 2.71 bits per heavy atom. The first-order valence-corrected chi connectivity index (χ1v) is 11.4. The van der Waals surface area contributed by atoms with Crippen LogP contribution in [-0.2, 0) is 22.5 Å². The van der Waals surface area contributed by atoms with Crippen LogP contribution in [0.4, 0.5) is 5.82 Å². The third kappa shape index (κ3) is 3.65. The highest BCUT2D eigenvalue weighted by Crippen LogP contribution is 2.41. The second-order valence-electron chi connectivity index (χ2n) is 8.93. The van der Waals surface area contributed by atoms with E-state index in [0.717, 1.165) is 49.4 Å². The minimum absolute atomic E-state index is 0.121. The third-order valence-corrected chi connectivity index (χ3v) is 7.58. The molecule has 0 amide bonds.